The lowest BCUT2D eigenvalue weighted by molar-refractivity contribution is 0.581. The third-order valence-electron chi connectivity index (χ3n) is 2.56. The van der Waals surface area contributed by atoms with Gasteiger partial charge in [0.15, 0.2) is 11.5 Å². The molecule has 0 saturated carbocycles. The van der Waals surface area contributed by atoms with E-state index in [0.29, 0.717) is 17.0 Å². The van der Waals surface area contributed by atoms with E-state index in [0.717, 1.165) is 25.1 Å². The zero-order valence-corrected chi connectivity index (χ0v) is 9.27. The van der Waals surface area contributed by atoms with Crippen LogP contribution in [0.25, 0.3) is 11.2 Å². The fourth-order valence-corrected chi connectivity index (χ4v) is 1.60. The van der Waals surface area contributed by atoms with Crippen molar-refractivity contribution in [2.75, 3.05) is 5.73 Å². The van der Waals surface area contributed by atoms with Gasteiger partial charge in [-0.3, -0.25) is 0 Å². The van der Waals surface area contributed by atoms with Crippen LogP contribution in [0.15, 0.2) is 6.33 Å². The van der Waals surface area contributed by atoms with Crippen LogP contribution in [-0.2, 0) is 0 Å². The predicted octanol–water partition coefficient (Wildman–Crippen LogP) is 1.13. The van der Waals surface area contributed by atoms with Crippen molar-refractivity contribution >= 4 is 17.0 Å². The van der Waals surface area contributed by atoms with Gasteiger partial charge in [-0.25, -0.2) is 15.0 Å². The number of nitrogens with two attached hydrogens (primary N) is 2. The van der Waals surface area contributed by atoms with Crippen molar-refractivity contribution in [2.45, 2.75) is 32.2 Å². The summed E-state index contributed by atoms with van der Waals surface area (Å²) in [5.74, 6) is 1.14. The van der Waals surface area contributed by atoms with E-state index in [4.69, 9.17) is 11.5 Å². The fourth-order valence-electron chi connectivity index (χ4n) is 1.60. The molecule has 0 amide bonds. The molecule has 0 aliphatic heterocycles. The molecule has 2 heterocycles. The maximum absolute atomic E-state index is 6.01. The summed E-state index contributed by atoms with van der Waals surface area (Å²) in [6.07, 6.45) is 4.51. The van der Waals surface area contributed by atoms with E-state index in [9.17, 15) is 0 Å². The maximum Gasteiger partial charge on any atom is 0.183 e. The minimum atomic E-state index is -0.0893. The summed E-state index contributed by atoms with van der Waals surface area (Å²) >= 11 is 0. The van der Waals surface area contributed by atoms with Gasteiger partial charge in [-0.15, -0.1) is 0 Å². The molecule has 0 spiro atoms. The molecule has 1 atom stereocenters. The first kappa shape index (κ1) is 10.8. The highest BCUT2D eigenvalue weighted by molar-refractivity contribution is 5.81. The summed E-state index contributed by atoms with van der Waals surface area (Å²) in [6.45, 7) is 2.13. The minimum absolute atomic E-state index is 0.0893. The van der Waals surface area contributed by atoms with E-state index >= 15 is 0 Å². The highest BCUT2D eigenvalue weighted by atomic mass is 15.1. The van der Waals surface area contributed by atoms with Crippen LogP contribution in [0.1, 0.15) is 38.1 Å². The van der Waals surface area contributed by atoms with Gasteiger partial charge in [-0.05, 0) is 6.42 Å². The Labute approximate surface area is 93.5 Å². The van der Waals surface area contributed by atoms with Gasteiger partial charge in [0.2, 0.25) is 0 Å². The van der Waals surface area contributed by atoms with Crippen molar-refractivity contribution in [3.63, 3.8) is 0 Å². The first-order valence-electron chi connectivity index (χ1n) is 5.44. The summed E-state index contributed by atoms with van der Waals surface area (Å²) in [4.78, 5) is 15.3. The number of nitrogens with one attached hydrogen (secondary N) is 1. The van der Waals surface area contributed by atoms with Crippen LogP contribution < -0.4 is 11.5 Å². The van der Waals surface area contributed by atoms with Crippen LogP contribution in [0.2, 0.25) is 0 Å². The van der Waals surface area contributed by atoms with E-state index in [1.807, 2.05) is 0 Å². The van der Waals surface area contributed by atoms with Crippen LogP contribution in [0, 0.1) is 0 Å². The first-order valence-corrected chi connectivity index (χ1v) is 5.44. The van der Waals surface area contributed by atoms with Crippen molar-refractivity contribution in [1.82, 2.24) is 19.9 Å². The molecule has 0 fully saturated rings. The number of hydrogen-bond donors (Lipinski definition) is 3. The predicted molar refractivity (Wildman–Crippen MR) is 62.5 cm³/mol. The van der Waals surface area contributed by atoms with E-state index in [-0.39, 0.29) is 6.04 Å². The Morgan fingerprint density at radius 2 is 2.25 bits per heavy atom. The van der Waals surface area contributed by atoms with Crippen molar-refractivity contribution < 1.29 is 0 Å². The average molecular weight is 220 g/mol. The normalized spacial score (nSPS) is 13.1. The second kappa shape index (κ2) is 4.44. The van der Waals surface area contributed by atoms with Gasteiger partial charge in [-0.1, -0.05) is 19.8 Å². The summed E-state index contributed by atoms with van der Waals surface area (Å²) in [5, 5.41) is 0. The zero-order chi connectivity index (χ0) is 11.5. The SMILES string of the molecule is CCCCC(N)c1nc2ncnc(N)c2[nH]1. The lowest BCUT2D eigenvalue weighted by atomic mass is 10.1. The number of imidazole rings is 1. The van der Waals surface area contributed by atoms with Gasteiger partial charge in [0, 0.05) is 0 Å². The molecule has 86 valence electrons. The highest BCUT2D eigenvalue weighted by Gasteiger charge is 2.12. The Hall–Kier alpha value is -1.69. The summed E-state index contributed by atoms with van der Waals surface area (Å²) < 4.78 is 0. The summed E-state index contributed by atoms with van der Waals surface area (Å²) in [7, 11) is 0. The van der Waals surface area contributed by atoms with Crippen LogP contribution in [0.3, 0.4) is 0 Å². The molecule has 2 aromatic rings. The Morgan fingerprint density at radius 3 is 2.94 bits per heavy atom. The number of hydrogen-bond acceptors (Lipinski definition) is 5. The Morgan fingerprint density at radius 1 is 1.44 bits per heavy atom. The molecule has 2 rings (SSSR count). The Balaban J connectivity index is 2.29. The number of aromatic nitrogens is 4. The van der Waals surface area contributed by atoms with Crippen LogP contribution in [0.5, 0.6) is 0 Å². The molecule has 0 saturated heterocycles. The van der Waals surface area contributed by atoms with Gasteiger partial charge >= 0.3 is 0 Å². The van der Waals surface area contributed by atoms with Crippen LogP contribution in [-0.4, -0.2) is 19.9 Å². The highest BCUT2D eigenvalue weighted by Crippen LogP contribution is 2.19. The third kappa shape index (κ3) is 1.96. The third-order valence-corrected chi connectivity index (χ3v) is 2.56. The fraction of sp³-hybridized carbons (Fsp3) is 0.500. The largest absolute Gasteiger partial charge is 0.382 e. The Bertz CT molecular complexity index is 477. The zero-order valence-electron chi connectivity index (χ0n) is 9.27. The van der Waals surface area contributed by atoms with Crippen LogP contribution in [0.4, 0.5) is 5.82 Å². The molecule has 16 heavy (non-hydrogen) atoms. The number of fused-ring (bicyclic) bond motifs is 1. The van der Waals surface area contributed by atoms with Crippen molar-refractivity contribution in [1.29, 1.82) is 0 Å². The van der Waals surface area contributed by atoms with Crippen molar-refractivity contribution in [3.05, 3.63) is 12.2 Å². The van der Waals surface area contributed by atoms with E-state index in [1.165, 1.54) is 6.33 Å². The van der Waals surface area contributed by atoms with E-state index < -0.39 is 0 Å². The van der Waals surface area contributed by atoms with Gasteiger partial charge < -0.3 is 16.5 Å². The molecule has 6 nitrogen and oxygen atoms in total. The maximum atomic E-state index is 6.01. The molecule has 0 aliphatic rings. The number of H-pyrrole nitrogens is 1. The molecule has 0 bridgehead atoms. The first-order chi connectivity index (χ1) is 7.72. The number of nitrogens with zero attached hydrogens (tertiary/aromatic N) is 3. The standard InChI is InChI=1S/C10H16N6/c1-2-3-4-6(11)9-15-7-8(12)13-5-14-10(7)16-9/h5-6H,2-4,11H2,1H3,(H3,12,13,14,15,16). The average Bonchev–Trinajstić information content (AvgIpc) is 2.71. The molecule has 2 aromatic heterocycles. The number of anilines is 1. The minimum Gasteiger partial charge on any atom is -0.382 e. The monoisotopic (exact) mass is 220 g/mol. The second-order valence-electron chi connectivity index (χ2n) is 3.83. The summed E-state index contributed by atoms with van der Waals surface area (Å²) in [5.41, 5.74) is 13.0. The lowest BCUT2D eigenvalue weighted by Gasteiger charge is -2.06. The van der Waals surface area contributed by atoms with Crippen LogP contribution >= 0.6 is 0 Å². The van der Waals surface area contributed by atoms with Crippen molar-refractivity contribution in [2.24, 2.45) is 5.73 Å². The number of rotatable bonds is 4. The van der Waals surface area contributed by atoms with E-state index in [1.54, 1.807) is 0 Å². The van der Waals surface area contributed by atoms with Gasteiger partial charge in [-0.2, -0.15) is 0 Å². The van der Waals surface area contributed by atoms with Gasteiger partial charge in [0.05, 0.1) is 6.04 Å². The Kier molecular flexibility index (Phi) is 3.00. The quantitative estimate of drug-likeness (QED) is 0.716. The number of aromatic amines is 1. The molecular formula is C10H16N6. The van der Waals surface area contributed by atoms with Gasteiger partial charge in [0.25, 0.3) is 0 Å². The molecule has 1 unspecified atom stereocenters. The summed E-state index contributed by atoms with van der Waals surface area (Å²) in [6, 6.07) is -0.0893. The smallest absolute Gasteiger partial charge is 0.183 e. The van der Waals surface area contributed by atoms with Crippen molar-refractivity contribution in [3.8, 4) is 0 Å². The molecule has 0 aromatic carbocycles. The van der Waals surface area contributed by atoms with E-state index in [2.05, 4.69) is 26.9 Å². The lowest BCUT2D eigenvalue weighted by Crippen LogP contribution is -2.11. The molecular weight excluding hydrogens is 204 g/mol. The number of nitrogen functional groups attached to an aromatic ring is 1. The molecule has 0 radical (unpaired) electrons. The number of unbranched alkanes of at least 4 members (excludes halogenated alkanes) is 1. The molecule has 5 N–H and O–H groups in total. The van der Waals surface area contributed by atoms with Gasteiger partial charge in [0.1, 0.15) is 17.7 Å². The topological polar surface area (TPSA) is 106 Å². The second-order valence-corrected chi connectivity index (χ2v) is 3.83. The molecule has 0 aliphatic carbocycles. The molecule has 6 heteroatoms.